The summed E-state index contributed by atoms with van der Waals surface area (Å²) in [6, 6.07) is 9.08. The molecule has 0 saturated heterocycles. The van der Waals surface area contributed by atoms with E-state index < -0.39 is 0 Å². The van der Waals surface area contributed by atoms with Crippen molar-refractivity contribution in [3.63, 3.8) is 0 Å². The Bertz CT molecular complexity index is 988. The Morgan fingerprint density at radius 2 is 2.26 bits per heavy atom. The van der Waals surface area contributed by atoms with Gasteiger partial charge in [-0.2, -0.15) is 5.10 Å². The summed E-state index contributed by atoms with van der Waals surface area (Å²) >= 11 is 3.40. The third-order valence-corrected chi connectivity index (χ3v) is 4.12. The van der Waals surface area contributed by atoms with Gasteiger partial charge in [0.1, 0.15) is 6.61 Å². The third kappa shape index (κ3) is 2.59. The molecule has 114 valence electrons. The number of aromatic nitrogens is 4. The fourth-order valence-corrected chi connectivity index (χ4v) is 2.78. The molecule has 0 radical (unpaired) electrons. The molecule has 0 fully saturated rings. The first-order valence-electron chi connectivity index (χ1n) is 6.93. The molecule has 7 heteroatoms. The van der Waals surface area contributed by atoms with E-state index in [0.717, 1.165) is 26.7 Å². The molecule has 0 spiro atoms. The van der Waals surface area contributed by atoms with Crippen LogP contribution in [0.25, 0.3) is 16.6 Å². The van der Waals surface area contributed by atoms with Crippen molar-refractivity contribution in [2.75, 3.05) is 0 Å². The average Bonchev–Trinajstić information content (AvgIpc) is 3.16. The summed E-state index contributed by atoms with van der Waals surface area (Å²) in [4.78, 5) is 19.6. The predicted octanol–water partition coefficient (Wildman–Crippen LogP) is 3.33. The quantitative estimate of drug-likeness (QED) is 0.561. The molecule has 0 aliphatic carbocycles. The van der Waals surface area contributed by atoms with Crippen molar-refractivity contribution in [3.8, 4) is 0 Å². The number of halogens is 1. The summed E-state index contributed by atoms with van der Waals surface area (Å²) in [7, 11) is 0. The molecule has 0 atom stereocenters. The van der Waals surface area contributed by atoms with Crippen LogP contribution in [0.1, 0.15) is 16.1 Å². The molecule has 4 aromatic rings. The zero-order valence-electron chi connectivity index (χ0n) is 11.9. The zero-order chi connectivity index (χ0) is 15.8. The van der Waals surface area contributed by atoms with E-state index in [0.29, 0.717) is 5.56 Å². The molecule has 0 aromatic carbocycles. The second-order valence-corrected chi connectivity index (χ2v) is 5.90. The summed E-state index contributed by atoms with van der Waals surface area (Å²) < 4.78 is 7.88. The fourth-order valence-electron chi connectivity index (χ4n) is 2.39. The van der Waals surface area contributed by atoms with Crippen molar-refractivity contribution in [1.82, 2.24) is 19.6 Å². The van der Waals surface area contributed by atoms with Crippen LogP contribution >= 0.6 is 15.9 Å². The van der Waals surface area contributed by atoms with Gasteiger partial charge in [-0.15, -0.1) is 0 Å². The molecule has 0 saturated carbocycles. The molecule has 0 amide bonds. The number of carbonyl (C=O) groups is 1. The second-order valence-electron chi connectivity index (χ2n) is 5.04. The van der Waals surface area contributed by atoms with Crippen LogP contribution in [0.15, 0.2) is 53.4 Å². The lowest BCUT2D eigenvalue weighted by molar-refractivity contribution is 0.0468. The minimum absolute atomic E-state index is 0.167. The molecular weight excluding hydrogens is 360 g/mol. The second kappa shape index (κ2) is 5.51. The van der Waals surface area contributed by atoms with Gasteiger partial charge in [-0.05, 0) is 46.3 Å². The number of pyridine rings is 2. The van der Waals surface area contributed by atoms with Gasteiger partial charge in [-0.3, -0.25) is 4.98 Å². The van der Waals surface area contributed by atoms with E-state index in [1.165, 1.54) is 0 Å². The van der Waals surface area contributed by atoms with Gasteiger partial charge in [0, 0.05) is 12.4 Å². The lowest BCUT2D eigenvalue weighted by atomic mass is 10.2. The highest BCUT2D eigenvalue weighted by molar-refractivity contribution is 9.10. The first-order chi connectivity index (χ1) is 11.2. The number of aromatic amines is 1. The summed E-state index contributed by atoms with van der Waals surface area (Å²) in [5.41, 5.74) is 3.87. The number of fused-ring (bicyclic) bond motifs is 2. The molecule has 4 rings (SSSR count). The van der Waals surface area contributed by atoms with Crippen LogP contribution in [0.3, 0.4) is 0 Å². The molecule has 0 aliphatic rings. The van der Waals surface area contributed by atoms with Crippen molar-refractivity contribution in [2.24, 2.45) is 0 Å². The first kappa shape index (κ1) is 14.0. The maximum absolute atomic E-state index is 12.2. The van der Waals surface area contributed by atoms with Crippen LogP contribution in [-0.2, 0) is 11.3 Å². The summed E-state index contributed by atoms with van der Waals surface area (Å²) in [5.74, 6) is -0.382. The Balaban J connectivity index is 1.53. The van der Waals surface area contributed by atoms with Crippen molar-refractivity contribution < 1.29 is 9.53 Å². The normalized spacial score (nSPS) is 11.2. The van der Waals surface area contributed by atoms with Crippen LogP contribution in [0.2, 0.25) is 0 Å². The number of nitrogens with zero attached hydrogens (tertiary/aromatic N) is 3. The van der Waals surface area contributed by atoms with E-state index in [-0.39, 0.29) is 12.6 Å². The van der Waals surface area contributed by atoms with Gasteiger partial charge in [0.2, 0.25) is 0 Å². The number of H-pyrrole nitrogens is 1. The van der Waals surface area contributed by atoms with Crippen LogP contribution in [0, 0.1) is 0 Å². The first-order valence-corrected chi connectivity index (χ1v) is 7.72. The van der Waals surface area contributed by atoms with E-state index in [9.17, 15) is 4.79 Å². The van der Waals surface area contributed by atoms with Crippen LogP contribution in [0.5, 0.6) is 0 Å². The van der Waals surface area contributed by atoms with Gasteiger partial charge in [-0.25, -0.2) is 9.31 Å². The number of carbonyl (C=O) groups excluding carboxylic acids is 1. The molecule has 0 aliphatic heterocycles. The van der Waals surface area contributed by atoms with E-state index in [2.05, 4.69) is 31.0 Å². The number of ether oxygens (including phenoxy) is 1. The molecule has 0 bridgehead atoms. The molecule has 23 heavy (non-hydrogen) atoms. The van der Waals surface area contributed by atoms with E-state index in [4.69, 9.17) is 4.74 Å². The number of rotatable bonds is 3. The molecule has 4 heterocycles. The minimum atomic E-state index is -0.382. The Kier molecular flexibility index (Phi) is 3.34. The number of hydrogen-bond acceptors (Lipinski definition) is 4. The monoisotopic (exact) mass is 370 g/mol. The third-order valence-electron chi connectivity index (χ3n) is 3.51. The maximum atomic E-state index is 12.2. The minimum Gasteiger partial charge on any atom is -0.456 e. The van der Waals surface area contributed by atoms with Gasteiger partial charge in [0.25, 0.3) is 0 Å². The Labute approximate surface area is 139 Å². The SMILES string of the molecule is O=C(OCc1cc2ncccc2[nH]1)c1ccn2ncc(Br)c2c1. The van der Waals surface area contributed by atoms with E-state index in [1.807, 2.05) is 18.2 Å². The molecule has 0 unspecified atom stereocenters. The van der Waals surface area contributed by atoms with Crippen LogP contribution in [0.4, 0.5) is 0 Å². The number of hydrogen-bond donors (Lipinski definition) is 1. The highest BCUT2D eigenvalue weighted by Gasteiger charge is 2.11. The van der Waals surface area contributed by atoms with Gasteiger partial charge in [-0.1, -0.05) is 0 Å². The summed E-state index contributed by atoms with van der Waals surface area (Å²) in [5, 5.41) is 4.14. The van der Waals surface area contributed by atoms with Gasteiger partial charge in [0.15, 0.2) is 0 Å². The molecule has 6 nitrogen and oxygen atoms in total. The highest BCUT2D eigenvalue weighted by atomic mass is 79.9. The van der Waals surface area contributed by atoms with Crippen molar-refractivity contribution in [1.29, 1.82) is 0 Å². The van der Waals surface area contributed by atoms with Crippen molar-refractivity contribution in [3.05, 3.63) is 64.7 Å². The lowest BCUT2D eigenvalue weighted by Crippen LogP contribution is -2.06. The standard InChI is InChI=1S/C16H11BrN4O2/c17-12-8-19-21-5-3-10(6-15(12)21)16(22)23-9-11-7-14-13(20-11)2-1-4-18-14/h1-8,20H,9H2. The smallest absolute Gasteiger partial charge is 0.338 e. The van der Waals surface area contributed by atoms with Crippen molar-refractivity contribution >= 4 is 38.4 Å². The summed E-state index contributed by atoms with van der Waals surface area (Å²) in [6.45, 7) is 0.167. The van der Waals surface area contributed by atoms with Gasteiger partial charge >= 0.3 is 5.97 Å². The Hall–Kier alpha value is -2.67. The topological polar surface area (TPSA) is 72.3 Å². The largest absolute Gasteiger partial charge is 0.456 e. The van der Waals surface area contributed by atoms with Gasteiger partial charge < -0.3 is 9.72 Å². The Morgan fingerprint density at radius 1 is 1.35 bits per heavy atom. The maximum Gasteiger partial charge on any atom is 0.338 e. The molecule has 4 aromatic heterocycles. The van der Waals surface area contributed by atoms with E-state index in [1.54, 1.807) is 35.2 Å². The number of esters is 1. The van der Waals surface area contributed by atoms with Crippen LogP contribution < -0.4 is 0 Å². The molecule has 1 N–H and O–H groups in total. The fraction of sp³-hybridized carbons (Fsp3) is 0.0625. The summed E-state index contributed by atoms with van der Waals surface area (Å²) in [6.07, 6.45) is 5.13. The average molecular weight is 371 g/mol. The van der Waals surface area contributed by atoms with Crippen LogP contribution in [-0.4, -0.2) is 25.6 Å². The van der Waals surface area contributed by atoms with E-state index >= 15 is 0 Å². The molecular formula is C16H11BrN4O2. The number of nitrogens with one attached hydrogen (secondary N) is 1. The van der Waals surface area contributed by atoms with Gasteiger partial charge in [0.05, 0.1) is 38.5 Å². The highest BCUT2D eigenvalue weighted by Crippen LogP contribution is 2.19. The lowest BCUT2D eigenvalue weighted by Gasteiger charge is -2.04. The predicted molar refractivity (Wildman–Crippen MR) is 88.1 cm³/mol. The zero-order valence-corrected chi connectivity index (χ0v) is 13.4. The van der Waals surface area contributed by atoms with Crippen molar-refractivity contribution in [2.45, 2.75) is 6.61 Å². The Morgan fingerprint density at radius 3 is 3.13 bits per heavy atom.